The molecule has 4 aliphatic rings. The number of fused-ring (bicyclic) bond motifs is 5. The molecule has 4 aliphatic carbocycles. The van der Waals surface area contributed by atoms with E-state index in [4.69, 9.17) is 0 Å². The summed E-state index contributed by atoms with van der Waals surface area (Å²) in [6, 6.07) is 0. The Labute approximate surface area is 395 Å². The molecule has 0 radical (unpaired) electrons. The van der Waals surface area contributed by atoms with Gasteiger partial charge in [-0.25, -0.2) is 0 Å². The first-order valence-corrected chi connectivity index (χ1v) is 29.7. The number of nitrogens with zero attached hydrogens (tertiary/aromatic N) is 1. The molecule has 4 saturated carbocycles. The van der Waals surface area contributed by atoms with Crippen molar-refractivity contribution in [3.05, 3.63) is 0 Å². The first-order chi connectivity index (χ1) is 30.7. The van der Waals surface area contributed by atoms with Crippen molar-refractivity contribution < 1.29 is 9.90 Å². The predicted octanol–water partition coefficient (Wildman–Crippen LogP) is 18.8. The molecule has 3 nitrogen and oxygen atoms in total. The van der Waals surface area contributed by atoms with Crippen LogP contribution in [0, 0.1) is 46.3 Å². The van der Waals surface area contributed by atoms with Crippen molar-refractivity contribution in [1.29, 1.82) is 0 Å². The van der Waals surface area contributed by atoms with Crippen LogP contribution >= 0.6 is 0 Å². The zero-order valence-electron chi connectivity index (χ0n) is 43.7. The number of carbonyl (C=O) groups is 1. The second kappa shape index (κ2) is 32.2. The Hall–Kier alpha value is -0.570. The van der Waals surface area contributed by atoms with E-state index in [1.54, 1.807) is 0 Å². The molecule has 0 heterocycles. The van der Waals surface area contributed by atoms with Crippen molar-refractivity contribution >= 4 is 5.91 Å². The monoisotopic (exact) mass is 880 g/mol. The fraction of sp³-hybridized carbons (Fsp3) is 0.983. The van der Waals surface area contributed by atoms with Crippen LogP contribution in [0.2, 0.25) is 0 Å². The van der Waals surface area contributed by atoms with Crippen molar-refractivity contribution in [1.82, 2.24) is 4.90 Å². The van der Waals surface area contributed by atoms with E-state index in [1.807, 2.05) is 0 Å². The summed E-state index contributed by atoms with van der Waals surface area (Å²) in [6.45, 7) is 14.5. The number of hydrogen-bond donors (Lipinski definition) is 1. The summed E-state index contributed by atoms with van der Waals surface area (Å²) in [7, 11) is 0. The summed E-state index contributed by atoms with van der Waals surface area (Å²) in [5.41, 5.74) is 0.920. The molecule has 0 aromatic heterocycles. The van der Waals surface area contributed by atoms with Gasteiger partial charge in [-0.3, -0.25) is 4.79 Å². The maximum absolute atomic E-state index is 14.1. The number of aliphatic hydroxyl groups excluding tert-OH is 1. The Morgan fingerprint density at radius 2 is 0.905 bits per heavy atom. The third-order valence-electron chi connectivity index (χ3n) is 19.1. The summed E-state index contributed by atoms with van der Waals surface area (Å²) < 4.78 is 0. The third kappa shape index (κ3) is 19.2. The van der Waals surface area contributed by atoms with Gasteiger partial charge in [-0.05, 0) is 123 Å². The largest absolute Gasteiger partial charge is 0.393 e. The molecule has 0 aromatic carbocycles. The zero-order chi connectivity index (χ0) is 45.0. The van der Waals surface area contributed by atoms with E-state index in [0.717, 1.165) is 68.4 Å². The van der Waals surface area contributed by atoms with E-state index in [9.17, 15) is 9.90 Å². The third-order valence-corrected chi connectivity index (χ3v) is 19.1. The van der Waals surface area contributed by atoms with Gasteiger partial charge in [0.1, 0.15) is 0 Å². The number of carbonyl (C=O) groups excluding carboxylic acids is 1. The van der Waals surface area contributed by atoms with Crippen molar-refractivity contribution in [2.45, 2.75) is 317 Å². The Bertz CT molecular complexity index is 1100. The first kappa shape index (κ1) is 55.0. The average Bonchev–Trinajstić information content (AvgIpc) is 3.64. The topological polar surface area (TPSA) is 40.5 Å². The minimum atomic E-state index is -0.0494. The molecular formula is C60H113NO2. The van der Waals surface area contributed by atoms with Crippen molar-refractivity contribution in [2.75, 3.05) is 13.1 Å². The molecule has 0 aliphatic heterocycles. The van der Waals surface area contributed by atoms with E-state index < -0.39 is 0 Å². The van der Waals surface area contributed by atoms with Gasteiger partial charge >= 0.3 is 0 Å². The quantitative estimate of drug-likeness (QED) is 0.0628. The standard InChI is InChI=1S/C60H113NO2/c1-6-8-10-12-14-16-18-20-22-24-26-28-30-32-34-36-48-61(49-37-35-33-31-29-27-25-23-21-19-17-15-13-11-9-7-2)58(63)43-38-51(3)55-41-42-56-54-40-39-52-50-53(62)44-46-59(52,4)57(54)45-47-60(55,56)5/h51-57,62H,6-50H2,1-5H3/t51-,52?,53-,54+,55-,56+,57+,59+,60-/m1/s1. The van der Waals surface area contributed by atoms with E-state index in [1.165, 1.54) is 250 Å². The molecule has 1 N–H and O–H groups in total. The van der Waals surface area contributed by atoms with E-state index in [-0.39, 0.29) is 6.10 Å². The molecule has 9 atom stereocenters. The van der Waals surface area contributed by atoms with Gasteiger partial charge in [-0.15, -0.1) is 0 Å². The van der Waals surface area contributed by atoms with Crippen molar-refractivity contribution in [2.24, 2.45) is 46.3 Å². The Kier molecular flexibility index (Phi) is 28.2. The molecule has 3 heteroatoms. The number of unbranched alkanes of at least 4 members (excludes halogenated alkanes) is 30. The van der Waals surface area contributed by atoms with Gasteiger partial charge in [0.05, 0.1) is 6.10 Å². The Morgan fingerprint density at radius 1 is 0.508 bits per heavy atom. The van der Waals surface area contributed by atoms with Crippen LogP contribution in [0.5, 0.6) is 0 Å². The van der Waals surface area contributed by atoms with Crippen LogP contribution in [0.15, 0.2) is 0 Å². The molecule has 1 unspecified atom stereocenters. The van der Waals surface area contributed by atoms with Gasteiger partial charge in [0, 0.05) is 19.5 Å². The van der Waals surface area contributed by atoms with Gasteiger partial charge in [-0.1, -0.05) is 227 Å². The lowest BCUT2D eigenvalue weighted by atomic mass is 9.44. The first-order valence-electron chi connectivity index (χ1n) is 29.7. The Morgan fingerprint density at radius 3 is 1.35 bits per heavy atom. The van der Waals surface area contributed by atoms with E-state index >= 15 is 0 Å². The molecule has 370 valence electrons. The fourth-order valence-electron chi connectivity index (χ4n) is 15.0. The summed E-state index contributed by atoms with van der Waals surface area (Å²) in [5, 5.41) is 10.5. The summed E-state index contributed by atoms with van der Waals surface area (Å²) in [4.78, 5) is 16.4. The number of hydrogen-bond acceptors (Lipinski definition) is 2. The van der Waals surface area contributed by atoms with Gasteiger partial charge < -0.3 is 10.0 Å². The van der Waals surface area contributed by atoms with Crippen molar-refractivity contribution in [3.63, 3.8) is 0 Å². The van der Waals surface area contributed by atoms with Gasteiger partial charge in [0.15, 0.2) is 0 Å². The molecule has 0 bridgehead atoms. The number of amides is 1. The van der Waals surface area contributed by atoms with Crippen LogP contribution < -0.4 is 0 Å². The maximum Gasteiger partial charge on any atom is 0.222 e. The number of rotatable bonds is 38. The second-order valence-corrected chi connectivity index (χ2v) is 23.8. The summed E-state index contributed by atoms with van der Waals surface area (Å²) in [6.07, 6.45) is 58.4. The van der Waals surface area contributed by atoms with Gasteiger partial charge in [0.2, 0.25) is 5.91 Å². The zero-order valence-corrected chi connectivity index (χ0v) is 43.7. The van der Waals surface area contributed by atoms with E-state index in [2.05, 4.69) is 39.5 Å². The number of aliphatic hydroxyl groups is 1. The highest BCUT2D eigenvalue weighted by Crippen LogP contribution is 2.68. The van der Waals surface area contributed by atoms with Crippen LogP contribution in [0.4, 0.5) is 0 Å². The molecular weight excluding hydrogens is 767 g/mol. The minimum Gasteiger partial charge on any atom is -0.393 e. The lowest BCUT2D eigenvalue weighted by Gasteiger charge is -2.61. The highest BCUT2D eigenvalue weighted by molar-refractivity contribution is 5.76. The maximum atomic E-state index is 14.1. The summed E-state index contributed by atoms with van der Waals surface area (Å²) in [5.74, 6) is 5.29. The minimum absolute atomic E-state index is 0.0494. The Balaban J connectivity index is 1.13. The molecule has 0 aromatic rings. The molecule has 4 rings (SSSR count). The van der Waals surface area contributed by atoms with Crippen LogP contribution in [-0.2, 0) is 4.79 Å². The summed E-state index contributed by atoms with van der Waals surface area (Å²) >= 11 is 0. The van der Waals surface area contributed by atoms with Crippen LogP contribution in [0.1, 0.15) is 311 Å². The molecule has 1 amide bonds. The lowest BCUT2D eigenvalue weighted by Crippen LogP contribution is -2.54. The van der Waals surface area contributed by atoms with Crippen LogP contribution in [-0.4, -0.2) is 35.1 Å². The second-order valence-electron chi connectivity index (χ2n) is 23.8. The van der Waals surface area contributed by atoms with Gasteiger partial charge in [0.25, 0.3) is 0 Å². The predicted molar refractivity (Wildman–Crippen MR) is 275 cm³/mol. The smallest absolute Gasteiger partial charge is 0.222 e. The van der Waals surface area contributed by atoms with Crippen LogP contribution in [0.3, 0.4) is 0 Å². The molecule has 0 spiro atoms. The molecule has 0 saturated heterocycles. The normalized spacial score (nSPS) is 28.4. The highest BCUT2D eigenvalue weighted by atomic mass is 16.3. The molecule has 63 heavy (non-hydrogen) atoms. The SMILES string of the molecule is CCCCCCCCCCCCCCCCCCN(CCCCCCCCCCCCCCCCCC)C(=O)CC[C@@H](C)[C@H]1CC[C@H]2[C@@H]3CCC4C[C@H](O)CC[C@]4(C)[C@H]3CC[C@]12C. The average molecular weight is 881 g/mol. The van der Waals surface area contributed by atoms with Crippen molar-refractivity contribution in [3.8, 4) is 0 Å². The van der Waals surface area contributed by atoms with E-state index in [0.29, 0.717) is 22.7 Å². The highest BCUT2D eigenvalue weighted by Gasteiger charge is 2.60. The van der Waals surface area contributed by atoms with Gasteiger partial charge in [-0.2, -0.15) is 0 Å². The lowest BCUT2D eigenvalue weighted by molar-refractivity contribution is -0.133. The fourth-order valence-corrected chi connectivity index (χ4v) is 15.0. The van der Waals surface area contributed by atoms with Crippen LogP contribution in [0.25, 0.3) is 0 Å². The molecule has 4 fully saturated rings.